The maximum Gasteiger partial charge on any atom is 0.122 e. The Balaban J connectivity index is 1.76. The van der Waals surface area contributed by atoms with Crippen LogP contribution in [0.5, 0.6) is 5.75 Å². The van der Waals surface area contributed by atoms with E-state index < -0.39 is 11.7 Å². The number of hydrogen-bond donors (Lipinski definition) is 1. The molecule has 1 atom stereocenters. The second-order valence-electron chi connectivity index (χ2n) is 10.6. The zero-order chi connectivity index (χ0) is 25.4. The van der Waals surface area contributed by atoms with Gasteiger partial charge in [0, 0.05) is 28.1 Å². The van der Waals surface area contributed by atoms with Crippen molar-refractivity contribution in [2.24, 2.45) is 0 Å². The molecule has 5 heteroatoms. The highest BCUT2D eigenvalue weighted by Gasteiger charge is 2.29. The van der Waals surface area contributed by atoms with E-state index in [2.05, 4.69) is 55.5 Å². The molecule has 36 heavy (non-hydrogen) atoms. The summed E-state index contributed by atoms with van der Waals surface area (Å²) in [6.07, 6.45) is 2.41. The number of nitrogens with zero attached hydrogens (tertiary/aromatic N) is 1. The fourth-order valence-corrected chi connectivity index (χ4v) is 6.40. The van der Waals surface area contributed by atoms with Crippen LogP contribution in [0.1, 0.15) is 66.1 Å². The second-order valence-corrected chi connectivity index (χ2v) is 11.9. The summed E-state index contributed by atoms with van der Waals surface area (Å²) >= 11 is 1.79. The van der Waals surface area contributed by atoms with E-state index in [1.165, 1.54) is 21.6 Å². The van der Waals surface area contributed by atoms with Gasteiger partial charge in [-0.15, -0.1) is 11.3 Å². The number of aliphatic hydroxyl groups excluding tert-OH is 1. The molecule has 2 aromatic carbocycles. The summed E-state index contributed by atoms with van der Waals surface area (Å²) < 4.78 is 13.5. The lowest BCUT2D eigenvalue weighted by Gasteiger charge is -2.29. The molecular formula is C31H35NO3S. The summed E-state index contributed by atoms with van der Waals surface area (Å²) in [4.78, 5) is 6.44. The van der Waals surface area contributed by atoms with Gasteiger partial charge in [-0.1, -0.05) is 36.4 Å². The zero-order valence-corrected chi connectivity index (χ0v) is 22.7. The van der Waals surface area contributed by atoms with Crippen molar-refractivity contribution < 1.29 is 14.6 Å². The monoisotopic (exact) mass is 501 g/mol. The van der Waals surface area contributed by atoms with Gasteiger partial charge in [-0.05, 0) is 81.8 Å². The quantitative estimate of drug-likeness (QED) is 0.300. The number of aryl methyl sites for hydroxylation is 3. The van der Waals surface area contributed by atoms with Gasteiger partial charge in [0.05, 0.1) is 29.0 Å². The molecule has 0 saturated heterocycles. The molecule has 4 aromatic rings. The number of benzene rings is 2. The molecule has 1 N–H and O–H groups in total. The highest BCUT2D eigenvalue weighted by molar-refractivity contribution is 7.19. The third-order valence-corrected chi connectivity index (χ3v) is 7.91. The highest BCUT2D eigenvalue weighted by atomic mass is 32.1. The van der Waals surface area contributed by atoms with E-state index in [1.54, 1.807) is 11.3 Å². The summed E-state index contributed by atoms with van der Waals surface area (Å²) in [7, 11) is 0. The molecule has 0 fully saturated rings. The van der Waals surface area contributed by atoms with Crippen molar-refractivity contribution in [3.63, 3.8) is 0 Å². The van der Waals surface area contributed by atoms with Crippen molar-refractivity contribution in [1.29, 1.82) is 0 Å². The molecule has 0 unspecified atom stereocenters. The molecular weight excluding hydrogens is 466 g/mol. The Morgan fingerprint density at radius 2 is 1.89 bits per heavy atom. The van der Waals surface area contributed by atoms with Crippen LogP contribution in [0, 0.1) is 13.8 Å². The van der Waals surface area contributed by atoms with Gasteiger partial charge in [0.15, 0.2) is 0 Å². The van der Waals surface area contributed by atoms with Gasteiger partial charge in [0.25, 0.3) is 0 Å². The fraction of sp³-hybridized carbons (Fsp3) is 0.387. The molecule has 0 aliphatic carbocycles. The van der Waals surface area contributed by atoms with Crippen molar-refractivity contribution in [1.82, 2.24) is 4.98 Å². The average Bonchev–Trinajstić information content (AvgIpc) is 3.16. The summed E-state index contributed by atoms with van der Waals surface area (Å²) in [5.74, 6) is 0.977. The Morgan fingerprint density at radius 1 is 1.11 bits per heavy atom. The lowest BCUT2D eigenvalue weighted by Crippen LogP contribution is -2.25. The number of aromatic nitrogens is 1. The Labute approximate surface area is 217 Å². The molecule has 4 nitrogen and oxygen atoms in total. The van der Waals surface area contributed by atoms with Gasteiger partial charge in [-0.2, -0.15) is 0 Å². The predicted octanol–water partition coefficient (Wildman–Crippen LogP) is 7.34. The van der Waals surface area contributed by atoms with Crippen LogP contribution in [-0.4, -0.2) is 28.9 Å². The normalized spacial score (nSPS) is 14.5. The summed E-state index contributed by atoms with van der Waals surface area (Å²) in [6, 6.07) is 17.1. The SMILES string of the molecule is Cc1nc2c(Cc3ccccc3)c(C)sc2c(-c2ccc3c(c2)CCCO3)c1[C@@H](CO)OC(C)(C)C. The van der Waals surface area contributed by atoms with E-state index in [0.717, 1.165) is 64.2 Å². The standard InChI is InChI=1S/C31H35NO3S/c1-19-27(26(18-33)35-31(3,4)5)28(23-13-14-25-22(17-23)12-9-15-34-25)30-29(32-19)24(20(2)36-30)16-21-10-7-6-8-11-21/h6-8,10-11,13-14,17,26,33H,9,12,15-16,18H2,1-5H3/t26-/m1/s1. The van der Waals surface area contributed by atoms with Gasteiger partial charge < -0.3 is 14.6 Å². The minimum atomic E-state index is -0.468. The van der Waals surface area contributed by atoms with Crippen LogP contribution < -0.4 is 4.74 Å². The van der Waals surface area contributed by atoms with E-state index in [4.69, 9.17) is 14.5 Å². The first-order chi connectivity index (χ1) is 17.2. The van der Waals surface area contributed by atoms with Crippen LogP contribution in [0.15, 0.2) is 48.5 Å². The zero-order valence-electron chi connectivity index (χ0n) is 21.9. The molecule has 0 saturated carbocycles. The number of hydrogen-bond acceptors (Lipinski definition) is 5. The van der Waals surface area contributed by atoms with Gasteiger partial charge in [-0.25, -0.2) is 0 Å². The van der Waals surface area contributed by atoms with E-state index in [-0.39, 0.29) is 6.61 Å². The minimum Gasteiger partial charge on any atom is -0.493 e. The van der Waals surface area contributed by atoms with Gasteiger partial charge in [0.1, 0.15) is 11.9 Å². The number of aliphatic hydroxyl groups is 1. The summed E-state index contributed by atoms with van der Waals surface area (Å²) in [5.41, 5.74) is 8.58. The topological polar surface area (TPSA) is 51.6 Å². The molecule has 0 radical (unpaired) electrons. The van der Waals surface area contributed by atoms with Crippen LogP contribution in [0.3, 0.4) is 0 Å². The molecule has 5 rings (SSSR count). The third kappa shape index (κ3) is 4.93. The van der Waals surface area contributed by atoms with Gasteiger partial charge in [-0.3, -0.25) is 4.98 Å². The van der Waals surface area contributed by atoms with Crippen molar-refractivity contribution in [2.45, 2.75) is 65.6 Å². The van der Waals surface area contributed by atoms with Gasteiger partial charge in [0.2, 0.25) is 0 Å². The van der Waals surface area contributed by atoms with Crippen LogP contribution >= 0.6 is 11.3 Å². The third-order valence-electron chi connectivity index (χ3n) is 6.75. The van der Waals surface area contributed by atoms with E-state index in [1.807, 2.05) is 27.7 Å². The molecule has 188 valence electrons. The van der Waals surface area contributed by atoms with Crippen LogP contribution in [0.25, 0.3) is 21.3 Å². The molecule has 1 aliphatic rings. The van der Waals surface area contributed by atoms with Crippen LogP contribution in [0.4, 0.5) is 0 Å². The largest absolute Gasteiger partial charge is 0.493 e. The maximum absolute atomic E-state index is 10.5. The number of ether oxygens (including phenoxy) is 2. The Morgan fingerprint density at radius 3 is 2.61 bits per heavy atom. The lowest BCUT2D eigenvalue weighted by molar-refractivity contribution is -0.0823. The van der Waals surface area contributed by atoms with Crippen LogP contribution in [0.2, 0.25) is 0 Å². The minimum absolute atomic E-state index is 0.104. The Hall–Kier alpha value is -2.73. The number of thiophene rings is 1. The molecule has 3 heterocycles. The van der Waals surface area contributed by atoms with Gasteiger partial charge >= 0.3 is 0 Å². The fourth-order valence-electron chi connectivity index (χ4n) is 5.20. The second kappa shape index (κ2) is 9.97. The molecule has 2 aromatic heterocycles. The van der Waals surface area contributed by atoms with Crippen molar-refractivity contribution >= 4 is 21.6 Å². The molecule has 0 spiro atoms. The summed E-state index contributed by atoms with van der Waals surface area (Å²) in [6.45, 7) is 11.0. The molecule has 0 amide bonds. The smallest absolute Gasteiger partial charge is 0.122 e. The predicted molar refractivity (Wildman–Crippen MR) is 148 cm³/mol. The van der Waals surface area contributed by atoms with E-state index in [0.29, 0.717) is 0 Å². The Bertz CT molecular complexity index is 1380. The van der Waals surface area contributed by atoms with Crippen molar-refractivity contribution in [3.8, 4) is 16.9 Å². The number of pyridine rings is 1. The average molecular weight is 502 g/mol. The number of rotatable bonds is 6. The summed E-state index contributed by atoms with van der Waals surface area (Å²) in [5, 5.41) is 10.5. The van der Waals surface area contributed by atoms with Crippen molar-refractivity contribution in [2.75, 3.05) is 13.2 Å². The van der Waals surface area contributed by atoms with Crippen LogP contribution in [-0.2, 0) is 17.6 Å². The lowest BCUT2D eigenvalue weighted by atomic mass is 9.91. The first kappa shape index (κ1) is 24.9. The maximum atomic E-state index is 10.5. The number of fused-ring (bicyclic) bond motifs is 2. The molecule has 0 bridgehead atoms. The van der Waals surface area contributed by atoms with Crippen molar-refractivity contribution in [3.05, 3.63) is 81.4 Å². The Kier molecular flexibility index (Phi) is 6.90. The highest BCUT2D eigenvalue weighted by Crippen LogP contribution is 2.45. The van der Waals surface area contributed by atoms with E-state index in [9.17, 15) is 5.11 Å². The first-order valence-corrected chi connectivity index (χ1v) is 13.6. The molecule has 1 aliphatic heterocycles. The first-order valence-electron chi connectivity index (χ1n) is 12.8. The van der Waals surface area contributed by atoms with E-state index >= 15 is 0 Å².